The van der Waals surface area contributed by atoms with Crippen LogP contribution in [-0.4, -0.2) is 114 Å². The van der Waals surface area contributed by atoms with Gasteiger partial charge in [-0.3, -0.25) is 14.4 Å². The molecule has 0 amide bonds. The van der Waals surface area contributed by atoms with Crippen LogP contribution in [0.15, 0.2) is 0 Å². The van der Waals surface area contributed by atoms with Gasteiger partial charge in [-0.15, -0.1) is 0 Å². The summed E-state index contributed by atoms with van der Waals surface area (Å²) in [4.78, 5) is 52.7. The highest BCUT2D eigenvalue weighted by atomic mass is 16.5. The summed E-state index contributed by atoms with van der Waals surface area (Å²) >= 11 is 0. The lowest BCUT2D eigenvalue weighted by atomic mass is 10.0. The van der Waals surface area contributed by atoms with Crippen LogP contribution in [0.3, 0.4) is 0 Å². The van der Waals surface area contributed by atoms with Crippen molar-refractivity contribution < 1.29 is 73.2 Å². The van der Waals surface area contributed by atoms with Crippen LogP contribution in [0.25, 0.3) is 0 Å². The number of aliphatic carboxylic acids is 5. The van der Waals surface area contributed by atoms with Crippen LogP contribution in [0.4, 0.5) is 0 Å². The molecule has 0 spiro atoms. The fourth-order valence-corrected chi connectivity index (χ4v) is 4.99. The zero-order chi connectivity index (χ0) is 50.8. The summed E-state index contributed by atoms with van der Waals surface area (Å²) in [6.45, 7) is 44.0. The number of ether oxygens (including phenoxy) is 5. The van der Waals surface area contributed by atoms with Gasteiger partial charge in [0.05, 0.1) is 65.6 Å². The van der Waals surface area contributed by atoms with E-state index in [9.17, 15) is 24.0 Å². The molecule has 5 atom stereocenters. The average Bonchev–Trinajstić information content (AvgIpc) is 2.98. The fourth-order valence-electron chi connectivity index (χ4n) is 4.99. The van der Waals surface area contributed by atoms with Gasteiger partial charge < -0.3 is 49.2 Å². The summed E-state index contributed by atoms with van der Waals surface area (Å²) in [5, 5.41) is 43.3. The molecule has 0 rings (SSSR count). The van der Waals surface area contributed by atoms with Gasteiger partial charge in [-0.25, -0.2) is 9.59 Å². The molecule has 62 heavy (non-hydrogen) atoms. The Morgan fingerprint density at radius 3 is 0.952 bits per heavy atom. The molecule has 0 aliphatic rings. The van der Waals surface area contributed by atoms with E-state index in [1.807, 2.05) is 138 Å². The van der Waals surface area contributed by atoms with E-state index >= 15 is 0 Å². The molecule has 0 bridgehead atoms. The topological polar surface area (TPSA) is 233 Å². The van der Waals surface area contributed by atoms with Gasteiger partial charge in [-0.1, -0.05) is 55.4 Å². The molecule has 0 fully saturated rings. The third-order valence-corrected chi connectivity index (χ3v) is 7.13. The Balaban J connectivity index is -0.000000219. The number of hydrogen-bond donors (Lipinski definition) is 5. The molecule has 0 saturated carbocycles. The first-order chi connectivity index (χ1) is 27.4. The monoisotopic (exact) mass is 899 g/mol. The minimum absolute atomic E-state index is 0.00160. The molecule has 0 aromatic carbocycles. The van der Waals surface area contributed by atoms with E-state index in [2.05, 4.69) is 13.8 Å². The van der Waals surface area contributed by atoms with Crippen LogP contribution in [-0.2, 0) is 47.7 Å². The normalized spacial score (nSPS) is 14.5. The van der Waals surface area contributed by atoms with Crippen LogP contribution >= 0.6 is 0 Å². The molecule has 0 aromatic rings. The number of carboxylic acids is 5. The minimum atomic E-state index is -0.889. The van der Waals surface area contributed by atoms with E-state index in [0.29, 0.717) is 12.3 Å². The molecule has 0 radical (unpaired) electrons. The van der Waals surface area contributed by atoms with E-state index in [0.717, 1.165) is 12.8 Å². The predicted octanol–water partition coefficient (Wildman–Crippen LogP) is 10.6. The maximum absolute atomic E-state index is 10.7. The second kappa shape index (κ2) is 31.9. The molecule has 15 heteroatoms. The SMILES string of the molecule is CC(C)C(CC(=O)O)OC(C)(C)C.CC(C)C(OC(C)(C)C)C(=O)O.CC(C)CC(CC(=O)O)OC(C)(C)C.CCC(CC(=O)O)OC(C)(C)C.CCC(OC(C)(C)C)C(=O)O. The van der Waals surface area contributed by atoms with Crippen LogP contribution in [0.1, 0.15) is 198 Å². The second-order valence-electron chi connectivity index (χ2n) is 21.2. The third kappa shape index (κ3) is 53.3. The average molecular weight is 899 g/mol. The summed E-state index contributed by atoms with van der Waals surface area (Å²) in [5.74, 6) is -3.48. The summed E-state index contributed by atoms with van der Waals surface area (Å²) in [6, 6.07) is 0. The lowest BCUT2D eigenvalue weighted by Gasteiger charge is -2.29. The lowest BCUT2D eigenvalue weighted by molar-refractivity contribution is -0.164. The van der Waals surface area contributed by atoms with E-state index in [1.165, 1.54) is 0 Å². The van der Waals surface area contributed by atoms with Crippen molar-refractivity contribution in [1.82, 2.24) is 0 Å². The Bertz CT molecular complexity index is 1220. The number of rotatable bonds is 19. The molecule has 0 saturated heterocycles. The van der Waals surface area contributed by atoms with Crippen molar-refractivity contribution in [2.75, 3.05) is 0 Å². The van der Waals surface area contributed by atoms with E-state index in [-0.39, 0.29) is 71.8 Å². The quantitative estimate of drug-likeness (QED) is 0.0811. The summed E-state index contributed by atoms with van der Waals surface area (Å²) in [6.07, 6.45) is 0.394. The smallest absolute Gasteiger partial charge is 0.333 e. The molecular formula is C47H94O15. The molecular weight excluding hydrogens is 805 g/mol. The van der Waals surface area contributed by atoms with Crippen molar-refractivity contribution in [3.63, 3.8) is 0 Å². The van der Waals surface area contributed by atoms with Crippen molar-refractivity contribution in [1.29, 1.82) is 0 Å². The summed E-state index contributed by atoms with van der Waals surface area (Å²) in [5.41, 5.74) is -1.57. The highest BCUT2D eigenvalue weighted by Crippen LogP contribution is 2.21. The highest BCUT2D eigenvalue weighted by Gasteiger charge is 2.28. The van der Waals surface area contributed by atoms with Crippen LogP contribution in [0.5, 0.6) is 0 Å². The maximum atomic E-state index is 10.7. The first kappa shape index (κ1) is 68.2. The largest absolute Gasteiger partial charge is 0.481 e. The number of hydrogen-bond acceptors (Lipinski definition) is 10. The second-order valence-corrected chi connectivity index (χ2v) is 21.2. The van der Waals surface area contributed by atoms with Crippen molar-refractivity contribution in [2.45, 2.75) is 256 Å². The van der Waals surface area contributed by atoms with Crippen molar-refractivity contribution in [3.05, 3.63) is 0 Å². The van der Waals surface area contributed by atoms with Gasteiger partial charge in [0.25, 0.3) is 0 Å². The number of carboxylic acid groups (broad SMARTS) is 5. The molecule has 5 N–H and O–H groups in total. The standard InChI is InChI=1S/C11H22O3.C10H20O3.2C9H18O3.C8H16O3/c1-8(2)6-9(7-10(12)13)14-11(3,4)5;1-7(2)8(6-9(11)12)13-10(3,4)5;1-6(2)7(8(10)11)12-9(3,4)5;1-5-7(6-8(10)11)12-9(2,3)4;1-5-6(7(9)10)11-8(2,3)4/h8-9H,6-7H2,1-5H3,(H,12,13);7-8H,6H2,1-5H3,(H,11,12);6-7H,1-5H3,(H,10,11);7H,5-6H2,1-4H3,(H,10,11);6H,5H2,1-4H3,(H,9,10). The van der Waals surface area contributed by atoms with Crippen LogP contribution in [0, 0.1) is 17.8 Å². The highest BCUT2D eigenvalue weighted by molar-refractivity contribution is 5.73. The van der Waals surface area contributed by atoms with Gasteiger partial charge in [-0.2, -0.15) is 0 Å². The number of carbonyl (C=O) groups is 5. The Morgan fingerprint density at radius 1 is 0.419 bits per heavy atom. The Kier molecular flexibility index (Phi) is 35.1. The summed E-state index contributed by atoms with van der Waals surface area (Å²) in [7, 11) is 0. The first-order valence-electron chi connectivity index (χ1n) is 21.9. The molecule has 0 aliphatic heterocycles. The van der Waals surface area contributed by atoms with Crippen molar-refractivity contribution in [2.24, 2.45) is 17.8 Å². The molecule has 0 aromatic heterocycles. The van der Waals surface area contributed by atoms with Gasteiger partial charge in [0.1, 0.15) is 0 Å². The minimum Gasteiger partial charge on any atom is -0.481 e. The zero-order valence-electron chi connectivity index (χ0n) is 43.2. The fraction of sp³-hybridized carbons (Fsp3) is 0.894. The van der Waals surface area contributed by atoms with Gasteiger partial charge in [0.2, 0.25) is 0 Å². The van der Waals surface area contributed by atoms with Crippen molar-refractivity contribution in [3.8, 4) is 0 Å². The predicted molar refractivity (Wildman–Crippen MR) is 245 cm³/mol. The Morgan fingerprint density at radius 2 is 0.758 bits per heavy atom. The van der Waals surface area contributed by atoms with Crippen LogP contribution < -0.4 is 0 Å². The van der Waals surface area contributed by atoms with E-state index in [4.69, 9.17) is 49.2 Å². The summed E-state index contributed by atoms with van der Waals surface area (Å²) < 4.78 is 27.4. The Labute approximate surface area is 376 Å². The molecule has 15 nitrogen and oxygen atoms in total. The molecule has 5 unspecified atom stereocenters. The van der Waals surface area contributed by atoms with Crippen LogP contribution in [0.2, 0.25) is 0 Å². The molecule has 0 aliphatic carbocycles. The zero-order valence-corrected chi connectivity index (χ0v) is 43.2. The van der Waals surface area contributed by atoms with Gasteiger partial charge in [0, 0.05) is 0 Å². The lowest BCUT2D eigenvalue weighted by Crippen LogP contribution is -2.36. The van der Waals surface area contributed by atoms with E-state index in [1.54, 1.807) is 6.92 Å². The maximum Gasteiger partial charge on any atom is 0.333 e. The Hall–Kier alpha value is -2.85. The molecule has 372 valence electrons. The van der Waals surface area contributed by atoms with Gasteiger partial charge in [0.15, 0.2) is 12.2 Å². The van der Waals surface area contributed by atoms with Gasteiger partial charge in [-0.05, 0) is 141 Å². The third-order valence-electron chi connectivity index (χ3n) is 7.13. The first-order valence-corrected chi connectivity index (χ1v) is 21.9. The van der Waals surface area contributed by atoms with Crippen molar-refractivity contribution >= 4 is 29.8 Å². The molecule has 0 heterocycles. The van der Waals surface area contributed by atoms with E-state index < -0.39 is 47.7 Å². The van der Waals surface area contributed by atoms with Gasteiger partial charge >= 0.3 is 29.8 Å².